The van der Waals surface area contributed by atoms with Crippen molar-refractivity contribution in [1.82, 2.24) is 4.90 Å². The molecule has 0 amide bonds. The number of likely N-dealkylation sites (tertiary alicyclic amines) is 1. The summed E-state index contributed by atoms with van der Waals surface area (Å²) in [5.74, 6) is -0.216. The van der Waals surface area contributed by atoms with E-state index in [2.05, 4.69) is 4.90 Å². The van der Waals surface area contributed by atoms with Crippen LogP contribution in [0.2, 0.25) is 0 Å². The number of nitrogens with zero attached hydrogens (tertiary/aromatic N) is 1. The third-order valence-electron chi connectivity index (χ3n) is 2.87. The van der Waals surface area contributed by atoms with E-state index in [4.69, 9.17) is 5.11 Å². The van der Waals surface area contributed by atoms with Crippen LogP contribution in [0.15, 0.2) is 0 Å². The Morgan fingerprint density at radius 1 is 1.53 bits per heavy atom. The molecule has 0 aromatic heterocycles. The van der Waals surface area contributed by atoms with Crippen LogP contribution >= 0.6 is 0 Å². The predicted octanol–water partition coefficient (Wildman–Crippen LogP) is 1.15. The Morgan fingerprint density at radius 3 is 2.87 bits per heavy atom. The molecular formula is C11H19NO3. The fourth-order valence-corrected chi connectivity index (χ4v) is 1.91. The lowest BCUT2D eigenvalue weighted by Gasteiger charge is -2.29. The van der Waals surface area contributed by atoms with Gasteiger partial charge in [0.1, 0.15) is 5.78 Å². The van der Waals surface area contributed by atoms with Crippen LogP contribution in [-0.4, -0.2) is 41.4 Å². The molecule has 86 valence electrons. The zero-order valence-electron chi connectivity index (χ0n) is 9.24. The summed E-state index contributed by atoms with van der Waals surface area (Å²) in [4.78, 5) is 23.8. The summed E-state index contributed by atoms with van der Waals surface area (Å²) in [7, 11) is 0. The van der Waals surface area contributed by atoms with Crippen molar-refractivity contribution in [2.75, 3.05) is 19.6 Å². The van der Waals surface area contributed by atoms with E-state index in [9.17, 15) is 9.59 Å². The first kappa shape index (κ1) is 12.2. The standard InChI is InChI=1S/C11H19NO3/c1-9-8-12(7-5-10(9)13)6-3-2-4-11(14)15/h9H,2-8H2,1H3,(H,14,15). The Balaban J connectivity index is 2.12. The Labute approximate surface area is 90.3 Å². The smallest absolute Gasteiger partial charge is 0.303 e. The van der Waals surface area contributed by atoms with Gasteiger partial charge in [0.2, 0.25) is 0 Å². The summed E-state index contributed by atoms with van der Waals surface area (Å²) < 4.78 is 0. The first-order valence-corrected chi connectivity index (χ1v) is 5.56. The lowest BCUT2D eigenvalue weighted by Crippen LogP contribution is -2.39. The van der Waals surface area contributed by atoms with Crippen LogP contribution in [0.4, 0.5) is 0 Å². The van der Waals surface area contributed by atoms with Gasteiger partial charge in [-0.2, -0.15) is 0 Å². The normalized spacial score (nSPS) is 23.0. The average Bonchev–Trinajstić information content (AvgIpc) is 2.18. The highest BCUT2D eigenvalue weighted by molar-refractivity contribution is 5.81. The van der Waals surface area contributed by atoms with Crippen LogP contribution in [0, 0.1) is 5.92 Å². The van der Waals surface area contributed by atoms with Crippen LogP contribution in [0.1, 0.15) is 32.6 Å². The molecule has 1 fully saturated rings. The van der Waals surface area contributed by atoms with Crippen molar-refractivity contribution in [3.05, 3.63) is 0 Å². The predicted molar refractivity (Wildman–Crippen MR) is 56.7 cm³/mol. The molecule has 0 spiro atoms. The summed E-state index contributed by atoms with van der Waals surface area (Å²) in [5.41, 5.74) is 0. The number of Topliss-reactive ketones (excluding diaryl/α,β-unsaturated/α-hetero) is 1. The van der Waals surface area contributed by atoms with Gasteiger partial charge in [0.15, 0.2) is 0 Å². The third-order valence-corrected chi connectivity index (χ3v) is 2.87. The molecule has 1 rings (SSSR count). The van der Waals surface area contributed by atoms with Crippen molar-refractivity contribution in [1.29, 1.82) is 0 Å². The molecule has 0 radical (unpaired) electrons. The first-order valence-electron chi connectivity index (χ1n) is 5.56. The maximum atomic E-state index is 11.3. The van der Waals surface area contributed by atoms with Crippen LogP contribution in [-0.2, 0) is 9.59 Å². The number of piperidine rings is 1. The molecule has 15 heavy (non-hydrogen) atoms. The Hall–Kier alpha value is -0.900. The van der Waals surface area contributed by atoms with Crippen molar-refractivity contribution >= 4 is 11.8 Å². The number of ketones is 1. The number of hydrogen-bond acceptors (Lipinski definition) is 3. The number of carbonyl (C=O) groups excluding carboxylic acids is 1. The van der Waals surface area contributed by atoms with E-state index >= 15 is 0 Å². The van der Waals surface area contributed by atoms with Crippen LogP contribution in [0.3, 0.4) is 0 Å². The molecule has 1 unspecified atom stereocenters. The lowest BCUT2D eigenvalue weighted by molar-refractivity contribution is -0.137. The van der Waals surface area contributed by atoms with E-state index in [-0.39, 0.29) is 12.3 Å². The van der Waals surface area contributed by atoms with Gasteiger partial charge in [-0.3, -0.25) is 9.59 Å². The molecule has 0 bridgehead atoms. The summed E-state index contributed by atoms with van der Waals surface area (Å²) in [6.07, 6.45) is 2.55. The van der Waals surface area contributed by atoms with Gasteiger partial charge in [-0.1, -0.05) is 6.92 Å². The van der Waals surface area contributed by atoms with E-state index in [0.29, 0.717) is 12.2 Å². The Morgan fingerprint density at radius 2 is 2.27 bits per heavy atom. The molecular weight excluding hydrogens is 194 g/mol. The zero-order valence-corrected chi connectivity index (χ0v) is 9.24. The summed E-state index contributed by atoms with van der Waals surface area (Å²) in [5, 5.41) is 8.47. The SMILES string of the molecule is CC1CN(CCCCC(=O)O)CCC1=O. The van der Waals surface area contributed by atoms with E-state index in [1.54, 1.807) is 0 Å². The number of carbonyl (C=O) groups is 2. The molecule has 0 aromatic rings. The third kappa shape index (κ3) is 4.42. The summed E-state index contributed by atoms with van der Waals surface area (Å²) in [6, 6.07) is 0. The second kappa shape index (κ2) is 5.85. The van der Waals surface area contributed by atoms with E-state index in [1.165, 1.54) is 0 Å². The molecule has 1 atom stereocenters. The molecule has 1 N–H and O–H groups in total. The first-order chi connectivity index (χ1) is 7.09. The fraction of sp³-hybridized carbons (Fsp3) is 0.818. The minimum Gasteiger partial charge on any atom is -0.481 e. The highest BCUT2D eigenvalue weighted by atomic mass is 16.4. The minimum atomic E-state index is -0.725. The largest absolute Gasteiger partial charge is 0.481 e. The van der Waals surface area contributed by atoms with Crippen LogP contribution < -0.4 is 0 Å². The van der Waals surface area contributed by atoms with Crippen molar-refractivity contribution in [3.8, 4) is 0 Å². The van der Waals surface area contributed by atoms with Gasteiger partial charge in [-0.05, 0) is 19.4 Å². The van der Waals surface area contributed by atoms with Gasteiger partial charge in [0.25, 0.3) is 0 Å². The van der Waals surface area contributed by atoms with Crippen LogP contribution in [0.5, 0.6) is 0 Å². The van der Waals surface area contributed by atoms with Gasteiger partial charge in [0, 0.05) is 31.8 Å². The van der Waals surface area contributed by atoms with Crippen molar-refractivity contribution in [2.45, 2.75) is 32.6 Å². The van der Waals surface area contributed by atoms with Crippen molar-refractivity contribution < 1.29 is 14.7 Å². The minimum absolute atomic E-state index is 0.151. The molecule has 1 saturated heterocycles. The van der Waals surface area contributed by atoms with Gasteiger partial charge in [-0.25, -0.2) is 0 Å². The number of unbranched alkanes of at least 4 members (excludes halogenated alkanes) is 1. The van der Waals surface area contributed by atoms with Crippen molar-refractivity contribution in [3.63, 3.8) is 0 Å². The highest BCUT2D eigenvalue weighted by Crippen LogP contribution is 2.12. The summed E-state index contributed by atoms with van der Waals surface area (Å²) >= 11 is 0. The van der Waals surface area contributed by atoms with Crippen LogP contribution in [0.25, 0.3) is 0 Å². The number of rotatable bonds is 5. The molecule has 4 heteroatoms. The number of carboxylic acid groups (broad SMARTS) is 1. The van der Waals surface area contributed by atoms with Gasteiger partial charge < -0.3 is 10.0 Å². The second-order valence-corrected chi connectivity index (χ2v) is 4.27. The molecule has 1 heterocycles. The topological polar surface area (TPSA) is 57.6 Å². The number of hydrogen-bond donors (Lipinski definition) is 1. The Kier molecular flexibility index (Phi) is 4.75. The van der Waals surface area contributed by atoms with Gasteiger partial charge in [-0.15, -0.1) is 0 Å². The lowest BCUT2D eigenvalue weighted by atomic mass is 9.98. The summed E-state index contributed by atoms with van der Waals surface area (Å²) in [6.45, 7) is 4.57. The average molecular weight is 213 g/mol. The second-order valence-electron chi connectivity index (χ2n) is 4.27. The molecule has 0 aliphatic carbocycles. The van der Waals surface area contributed by atoms with Crippen molar-refractivity contribution in [2.24, 2.45) is 5.92 Å². The van der Waals surface area contributed by atoms with Gasteiger partial charge in [0.05, 0.1) is 0 Å². The molecule has 0 saturated carbocycles. The Bertz CT molecular complexity index is 240. The monoisotopic (exact) mass is 213 g/mol. The molecule has 1 aliphatic heterocycles. The zero-order chi connectivity index (χ0) is 11.3. The van der Waals surface area contributed by atoms with E-state index < -0.39 is 5.97 Å². The molecule has 4 nitrogen and oxygen atoms in total. The number of aliphatic carboxylic acids is 1. The fourth-order valence-electron chi connectivity index (χ4n) is 1.91. The van der Waals surface area contributed by atoms with E-state index in [0.717, 1.165) is 32.5 Å². The highest BCUT2D eigenvalue weighted by Gasteiger charge is 2.22. The number of carboxylic acids is 1. The quantitative estimate of drug-likeness (QED) is 0.696. The van der Waals surface area contributed by atoms with Gasteiger partial charge >= 0.3 is 5.97 Å². The maximum Gasteiger partial charge on any atom is 0.303 e. The maximum absolute atomic E-state index is 11.3. The molecule has 1 aliphatic rings. The molecule has 0 aromatic carbocycles. The van der Waals surface area contributed by atoms with E-state index in [1.807, 2.05) is 6.92 Å².